The number of esters is 1. The van der Waals surface area contributed by atoms with Gasteiger partial charge in [0.1, 0.15) is 0 Å². The molecule has 0 spiro atoms. The second-order valence-corrected chi connectivity index (χ2v) is 5.15. The van der Waals surface area contributed by atoms with Crippen LogP contribution in [0.5, 0.6) is 0 Å². The molecule has 0 bridgehead atoms. The van der Waals surface area contributed by atoms with Crippen molar-refractivity contribution < 1.29 is 14.6 Å². The van der Waals surface area contributed by atoms with Crippen LogP contribution in [0.25, 0.3) is 0 Å². The summed E-state index contributed by atoms with van der Waals surface area (Å²) in [5, 5.41) is 14.4. The summed E-state index contributed by atoms with van der Waals surface area (Å²) in [4.78, 5) is 11.2. The predicted octanol–water partition coefficient (Wildman–Crippen LogP) is 1.31. The van der Waals surface area contributed by atoms with E-state index in [9.17, 15) is 9.90 Å². The molecule has 1 unspecified atom stereocenters. The third-order valence-electron chi connectivity index (χ3n) is 2.51. The van der Waals surface area contributed by atoms with Gasteiger partial charge in [0.2, 0.25) is 0 Å². The highest BCUT2D eigenvalue weighted by Gasteiger charge is 2.26. The van der Waals surface area contributed by atoms with Crippen LogP contribution in [0.1, 0.15) is 44.6 Å². The van der Waals surface area contributed by atoms with E-state index in [-0.39, 0.29) is 11.8 Å². The van der Waals surface area contributed by atoms with Gasteiger partial charge in [-0.1, -0.05) is 20.8 Å². The highest BCUT2D eigenvalue weighted by molar-refractivity contribution is 5.70. The van der Waals surface area contributed by atoms with Gasteiger partial charge in [0.25, 0.3) is 0 Å². The Labute approximate surface area is 101 Å². The van der Waals surface area contributed by atoms with Crippen LogP contribution in [0, 0.1) is 0 Å². The van der Waals surface area contributed by atoms with Crippen molar-refractivity contribution in [3.8, 4) is 0 Å². The fraction of sp³-hybridized carbons (Fsp3) is 0.667. The molecular formula is C12H20N2O3. The van der Waals surface area contributed by atoms with E-state index in [0.717, 1.165) is 5.69 Å². The monoisotopic (exact) mass is 240 g/mol. The largest absolute Gasteiger partial charge is 0.469 e. The van der Waals surface area contributed by atoms with Crippen molar-refractivity contribution in [3.63, 3.8) is 0 Å². The van der Waals surface area contributed by atoms with Gasteiger partial charge in [-0.3, -0.25) is 9.48 Å². The molecule has 96 valence electrons. The van der Waals surface area contributed by atoms with E-state index in [2.05, 4.69) is 9.84 Å². The first kappa shape index (κ1) is 13.7. The Bertz CT molecular complexity index is 404. The Balaban J connectivity index is 3.01. The molecule has 0 fully saturated rings. The molecule has 0 amide bonds. The summed E-state index contributed by atoms with van der Waals surface area (Å²) in [7, 11) is 3.10. The van der Waals surface area contributed by atoms with E-state index in [1.54, 1.807) is 17.9 Å². The first-order valence-electron chi connectivity index (χ1n) is 5.54. The standard InChI is InChI=1S/C12H20N2O3/c1-12(2,3)11-8(7-14(4)13-11)9(15)6-10(16)17-5/h7,9,15H,6H2,1-5H3. The molecule has 1 atom stereocenters. The molecule has 1 rings (SSSR count). The van der Waals surface area contributed by atoms with Gasteiger partial charge in [-0.25, -0.2) is 0 Å². The summed E-state index contributed by atoms with van der Waals surface area (Å²) in [5.74, 6) is -0.429. The SMILES string of the molecule is COC(=O)CC(O)c1cn(C)nc1C(C)(C)C. The summed E-state index contributed by atoms with van der Waals surface area (Å²) in [6, 6.07) is 0. The lowest BCUT2D eigenvalue weighted by Gasteiger charge is -2.19. The maximum absolute atomic E-state index is 11.2. The molecule has 0 aliphatic rings. The fourth-order valence-electron chi connectivity index (χ4n) is 1.68. The first-order chi connectivity index (χ1) is 7.75. The number of carbonyl (C=O) groups is 1. The van der Waals surface area contributed by atoms with E-state index in [4.69, 9.17) is 0 Å². The first-order valence-corrected chi connectivity index (χ1v) is 5.54. The molecule has 1 aromatic rings. The molecule has 0 aliphatic carbocycles. The number of carbonyl (C=O) groups excluding carboxylic acids is 1. The number of methoxy groups -OCH3 is 1. The summed E-state index contributed by atoms with van der Waals surface area (Å²) >= 11 is 0. The minimum atomic E-state index is -0.870. The fourth-order valence-corrected chi connectivity index (χ4v) is 1.68. The van der Waals surface area contributed by atoms with Crippen molar-refractivity contribution in [2.75, 3.05) is 7.11 Å². The van der Waals surface area contributed by atoms with Gasteiger partial charge < -0.3 is 9.84 Å². The van der Waals surface area contributed by atoms with E-state index in [1.807, 2.05) is 20.8 Å². The van der Waals surface area contributed by atoms with Crippen LogP contribution in [-0.4, -0.2) is 28.0 Å². The summed E-state index contributed by atoms with van der Waals surface area (Å²) in [6.45, 7) is 6.05. The number of aryl methyl sites for hydroxylation is 1. The molecule has 1 heterocycles. The molecule has 5 heteroatoms. The zero-order chi connectivity index (χ0) is 13.2. The minimum Gasteiger partial charge on any atom is -0.469 e. The number of hydrogen-bond donors (Lipinski definition) is 1. The van der Waals surface area contributed by atoms with Crippen LogP contribution in [-0.2, 0) is 22.0 Å². The molecule has 0 saturated carbocycles. The molecule has 0 aliphatic heterocycles. The normalized spacial score (nSPS) is 13.5. The third-order valence-corrected chi connectivity index (χ3v) is 2.51. The average Bonchev–Trinajstić information content (AvgIpc) is 2.59. The molecule has 0 radical (unpaired) electrons. The lowest BCUT2D eigenvalue weighted by molar-refractivity contribution is -0.142. The maximum atomic E-state index is 11.2. The number of nitrogens with zero attached hydrogens (tertiary/aromatic N) is 2. The van der Waals surface area contributed by atoms with E-state index in [1.165, 1.54) is 7.11 Å². The maximum Gasteiger partial charge on any atom is 0.308 e. The Morgan fingerprint density at radius 3 is 2.65 bits per heavy atom. The van der Waals surface area contributed by atoms with Gasteiger partial charge in [-0.15, -0.1) is 0 Å². The third kappa shape index (κ3) is 3.30. The van der Waals surface area contributed by atoms with Gasteiger partial charge in [-0.2, -0.15) is 5.10 Å². The number of aliphatic hydroxyl groups excluding tert-OH is 1. The molecule has 5 nitrogen and oxygen atoms in total. The molecular weight excluding hydrogens is 220 g/mol. The van der Waals surface area contributed by atoms with Crippen molar-refractivity contribution >= 4 is 5.97 Å². The van der Waals surface area contributed by atoms with Gasteiger partial charge in [-0.05, 0) is 0 Å². The van der Waals surface area contributed by atoms with Crippen LogP contribution in [0.4, 0.5) is 0 Å². The zero-order valence-corrected chi connectivity index (χ0v) is 11.0. The van der Waals surface area contributed by atoms with Gasteiger partial charge in [0.15, 0.2) is 0 Å². The number of ether oxygens (including phenoxy) is 1. The smallest absolute Gasteiger partial charge is 0.308 e. The lowest BCUT2D eigenvalue weighted by Crippen LogP contribution is -2.17. The summed E-state index contributed by atoms with van der Waals surface area (Å²) in [5.41, 5.74) is 1.31. The molecule has 0 saturated heterocycles. The van der Waals surface area contributed by atoms with Crippen molar-refractivity contribution in [3.05, 3.63) is 17.5 Å². The molecule has 17 heavy (non-hydrogen) atoms. The molecule has 0 aromatic carbocycles. The lowest BCUT2D eigenvalue weighted by atomic mass is 9.87. The van der Waals surface area contributed by atoms with E-state index >= 15 is 0 Å². The minimum absolute atomic E-state index is 0.0503. The van der Waals surface area contributed by atoms with Crippen molar-refractivity contribution in [1.82, 2.24) is 9.78 Å². The Morgan fingerprint density at radius 2 is 2.18 bits per heavy atom. The van der Waals surface area contributed by atoms with Crippen molar-refractivity contribution in [2.45, 2.75) is 38.7 Å². The second kappa shape index (κ2) is 4.87. The van der Waals surface area contributed by atoms with E-state index < -0.39 is 12.1 Å². The van der Waals surface area contributed by atoms with Crippen LogP contribution in [0.3, 0.4) is 0 Å². The topological polar surface area (TPSA) is 64.3 Å². The van der Waals surface area contributed by atoms with Crippen LogP contribution < -0.4 is 0 Å². The quantitative estimate of drug-likeness (QED) is 0.809. The number of aromatic nitrogens is 2. The van der Waals surface area contributed by atoms with Gasteiger partial charge in [0.05, 0.1) is 25.3 Å². The van der Waals surface area contributed by atoms with Crippen molar-refractivity contribution in [1.29, 1.82) is 0 Å². The highest BCUT2D eigenvalue weighted by atomic mass is 16.5. The van der Waals surface area contributed by atoms with E-state index in [0.29, 0.717) is 5.56 Å². The van der Waals surface area contributed by atoms with Crippen LogP contribution in [0.15, 0.2) is 6.20 Å². The van der Waals surface area contributed by atoms with Gasteiger partial charge in [0, 0.05) is 24.2 Å². The Kier molecular flexibility index (Phi) is 3.93. The predicted molar refractivity (Wildman–Crippen MR) is 63.5 cm³/mol. The molecule has 1 aromatic heterocycles. The number of hydrogen-bond acceptors (Lipinski definition) is 4. The summed E-state index contributed by atoms with van der Waals surface area (Å²) < 4.78 is 6.20. The van der Waals surface area contributed by atoms with Crippen LogP contribution in [0.2, 0.25) is 0 Å². The van der Waals surface area contributed by atoms with Crippen LogP contribution >= 0.6 is 0 Å². The van der Waals surface area contributed by atoms with Crippen molar-refractivity contribution in [2.24, 2.45) is 7.05 Å². The molecule has 1 N–H and O–H groups in total. The Morgan fingerprint density at radius 1 is 1.59 bits per heavy atom. The second-order valence-electron chi connectivity index (χ2n) is 5.15. The average molecular weight is 240 g/mol. The highest BCUT2D eigenvalue weighted by Crippen LogP contribution is 2.29. The summed E-state index contributed by atoms with van der Waals surface area (Å²) in [6.07, 6.45) is 0.824. The Hall–Kier alpha value is -1.36. The number of aliphatic hydroxyl groups is 1. The number of rotatable bonds is 3. The van der Waals surface area contributed by atoms with Gasteiger partial charge >= 0.3 is 5.97 Å². The zero-order valence-electron chi connectivity index (χ0n) is 11.0.